The van der Waals surface area contributed by atoms with Gasteiger partial charge in [-0.25, -0.2) is 0 Å². The highest BCUT2D eigenvalue weighted by Crippen LogP contribution is 2.28. The molecule has 0 fully saturated rings. The molecule has 1 aromatic carbocycles. The van der Waals surface area contributed by atoms with Crippen LogP contribution in [-0.2, 0) is 0 Å². The van der Waals surface area contributed by atoms with Crippen molar-refractivity contribution < 1.29 is 0 Å². The van der Waals surface area contributed by atoms with E-state index in [0.717, 1.165) is 22.1 Å². The van der Waals surface area contributed by atoms with Crippen LogP contribution >= 0.6 is 11.6 Å². The highest BCUT2D eigenvalue weighted by molar-refractivity contribution is 6.30. The summed E-state index contributed by atoms with van der Waals surface area (Å²) in [5, 5.41) is 0.749. The maximum absolute atomic E-state index is 5.95. The van der Waals surface area contributed by atoms with Crippen molar-refractivity contribution in [2.24, 2.45) is 0 Å². The van der Waals surface area contributed by atoms with Gasteiger partial charge < -0.3 is 10.3 Å². The van der Waals surface area contributed by atoms with Crippen LogP contribution in [0.2, 0.25) is 5.02 Å². The monoisotopic (exact) mass is 234 g/mol. The Balaban J connectivity index is 2.52. The molecule has 3 heteroatoms. The highest BCUT2D eigenvalue weighted by Gasteiger charge is 2.10. The van der Waals surface area contributed by atoms with Crippen molar-refractivity contribution in [1.29, 1.82) is 0 Å². The number of hydrogen-bond acceptors (Lipinski definition) is 1. The molecule has 0 saturated heterocycles. The van der Waals surface area contributed by atoms with E-state index in [4.69, 9.17) is 17.3 Å². The zero-order chi connectivity index (χ0) is 11.7. The largest absolute Gasteiger partial charge is 0.385 e. The van der Waals surface area contributed by atoms with Crippen LogP contribution in [0.3, 0.4) is 0 Å². The molecule has 0 spiro atoms. The van der Waals surface area contributed by atoms with Gasteiger partial charge in [-0.3, -0.25) is 0 Å². The van der Waals surface area contributed by atoms with Crippen molar-refractivity contribution in [3.8, 4) is 11.3 Å². The number of nitrogen functional groups attached to an aromatic ring is 1. The molecule has 0 unspecified atom stereocenters. The lowest BCUT2D eigenvalue weighted by atomic mass is 10.1. The fraction of sp³-hybridized carbons (Fsp3) is 0.231. The lowest BCUT2D eigenvalue weighted by molar-refractivity contribution is 0.618. The second-order valence-corrected chi connectivity index (χ2v) is 4.55. The van der Waals surface area contributed by atoms with E-state index < -0.39 is 0 Å². The standard InChI is InChI=1S/C13H15ClN2/c1-9(2)16-12(7-8-13(16)15)10-3-5-11(14)6-4-10/h3-9H,15H2,1-2H3. The molecule has 84 valence electrons. The topological polar surface area (TPSA) is 30.9 Å². The van der Waals surface area contributed by atoms with Crippen LogP contribution in [0.4, 0.5) is 5.82 Å². The van der Waals surface area contributed by atoms with Crippen LogP contribution < -0.4 is 5.73 Å². The van der Waals surface area contributed by atoms with Crippen molar-refractivity contribution in [2.75, 3.05) is 5.73 Å². The Morgan fingerprint density at radius 2 is 1.69 bits per heavy atom. The van der Waals surface area contributed by atoms with Crippen LogP contribution in [0, 0.1) is 0 Å². The Morgan fingerprint density at radius 1 is 1.06 bits per heavy atom. The molecule has 2 rings (SSSR count). The molecule has 0 aliphatic rings. The molecule has 0 saturated carbocycles. The molecular weight excluding hydrogens is 220 g/mol. The molecule has 2 nitrogen and oxygen atoms in total. The van der Waals surface area contributed by atoms with E-state index in [2.05, 4.69) is 18.4 Å². The Bertz CT molecular complexity index is 483. The smallest absolute Gasteiger partial charge is 0.103 e. The third-order valence-corrected chi connectivity index (χ3v) is 2.86. The van der Waals surface area contributed by atoms with Crippen LogP contribution in [0.15, 0.2) is 36.4 Å². The second kappa shape index (κ2) is 4.22. The summed E-state index contributed by atoms with van der Waals surface area (Å²) in [4.78, 5) is 0. The maximum atomic E-state index is 5.95. The van der Waals surface area contributed by atoms with Gasteiger partial charge in [-0.1, -0.05) is 23.7 Å². The van der Waals surface area contributed by atoms with Crippen molar-refractivity contribution >= 4 is 17.4 Å². The van der Waals surface area contributed by atoms with Gasteiger partial charge in [0.15, 0.2) is 0 Å². The molecule has 0 atom stereocenters. The van der Waals surface area contributed by atoms with E-state index in [0.29, 0.717) is 6.04 Å². The number of hydrogen-bond donors (Lipinski definition) is 1. The van der Waals surface area contributed by atoms with E-state index in [9.17, 15) is 0 Å². The Morgan fingerprint density at radius 3 is 2.25 bits per heavy atom. The molecule has 2 N–H and O–H groups in total. The van der Waals surface area contributed by atoms with Crippen molar-refractivity contribution in [3.05, 3.63) is 41.4 Å². The predicted octanol–water partition coefficient (Wildman–Crippen LogP) is 3.97. The highest BCUT2D eigenvalue weighted by atomic mass is 35.5. The van der Waals surface area contributed by atoms with Gasteiger partial charge in [0.2, 0.25) is 0 Å². The number of benzene rings is 1. The Kier molecular flexibility index (Phi) is 2.92. The fourth-order valence-corrected chi connectivity index (χ4v) is 2.02. The van der Waals surface area contributed by atoms with E-state index in [1.807, 2.05) is 36.4 Å². The van der Waals surface area contributed by atoms with Gasteiger partial charge in [0.25, 0.3) is 0 Å². The molecule has 16 heavy (non-hydrogen) atoms. The van der Waals surface area contributed by atoms with Crippen LogP contribution in [-0.4, -0.2) is 4.57 Å². The lowest BCUT2D eigenvalue weighted by Gasteiger charge is -2.15. The van der Waals surface area contributed by atoms with Crippen molar-refractivity contribution in [3.63, 3.8) is 0 Å². The Labute approximate surface area is 101 Å². The number of nitrogens with zero attached hydrogens (tertiary/aromatic N) is 1. The summed E-state index contributed by atoms with van der Waals surface area (Å²) in [7, 11) is 0. The first kappa shape index (κ1) is 11.1. The van der Waals surface area contributed by atoms with Crippen LogP contribution in [0.1, 0.15) is 19.9 Å². The van der Waals surface area contributed by atoms with Gasteiger partial charge in [-0.15, -0.1) is 0 Å². The molecular formula is C13H15ClN2. The second-order valence-electron chi connectivity index (χ2n) is 4.11. The van der Waals surface area contributed by atoms with Crippen molar-refractivity contribution in [2.45, 2.75) is 19.9 Å². The minimum absolute atomic E-state index is 0.348. The summed E-state index contributed by atoms with van der Waals surface area (Å²) >= 11 is 5.88. The Hall–Kier alpha value is -1.41. The SMILES string of the molecule is CC(C)n1c(N)ccc1-c1ccc(Cl)cc1. The van der Waals surface area contributed by atoms with Crippen molar-refractivity contribution in [1.82, 2.24) is 4.57 Å². The number of nitrogens with two attached hydrogens (primary N) is 1. The molecule has 2 aromatic rings. The third kappa shape index (κ3) is 1.93. The average molecular weight is 235 g/mol. The van der Waals surface area contributed by atoms with Gasteiger partial charge in [0.05, 0.1) is 0 Å². The summed E-state index contributed by atoms with van der Waals surface area (Å²) in [5.74, 6) is 0.792. The first-order valence-corrected chi connectivity index (χ1v) is 5.70. The summed E-state index contributed by atoms with van der Waals surface area (Å²) in [5.41, 5.74) is 8.21. The number of aromatic nitrogens is 1. The quantitative estimate of drug-likeness (QED) is 0.838. The molecule has 0 bridgehead atoms. The first-order valence-electron chi connectivity index (χ1n) is 5.32. The molecule has 1 aromatic heterocycles. The first-order chi connectivity index (χ1) is 7.59. The van der Waals surface area contributed by atoms with E-state index in [-0.39, 0.29) is 0 Å². The normalized spacial score (nSPS) is 11.0. The van der Waals surface area contributed by atoms with E-state index in [1.165, 1.54) is 0 Å². The zero-order valence-electron chi connectivity index (χ0n) is 9.44. The number of rotatable bonds is 2. The van der Waals surface area contributed by atoms with Crippen LogP contribution in [0.5, 0.6) is 0 Å². The lowest BCUT2D eigenvalue weighted by Crippen LogP contribution is -2.06. The van der Waals surface area contributed by atoms with Gasteiger partial charge in [-0.2, -0.15) is 0 Å². The summed E-state index contributed by atoms with van der Waals surface area (Å²) in [6.07, 6.45) is 0. The summed E-state index contributed by atoms with van der Waals surface area (Å²) in [6.45, 7) is 4.24. The third-order valence-electron chi connectivity index (χ3n) is 2.61. The summed E-state index contributed by atoms with van der Waals surface area (Å²) < 4.78 is 2.11. The average Bonchev–Trinajstić information content (AvgIpc) is 2.61. The molecule has 0 aliphatic carbocycles. The zero-order valence-corrected chi connectivity index (χ0v) is 10.2. The number of halogens is 1. The number of anilines is 1. The van der Waals surface area contributed by atoms with Crippen LogP contribution in [0.25, 0.3) is 11.3 Å². The maximum Gasteiger partial charge on any atom is 0.103 e. The minimum atomic E-state index is 0.348. The summed E-state index contributed by atoms with van der Waals surface area (Å²) in [6, 6.07) is 12.1. The molecule has 0 aliphatic heterocycles. The molecule has 0 amide bonds. The molecule has 0 radical (unpaired) electrons. The predicted molar refractivity (Wildman–Crippen MR) is 69.7 cm³/mol. The fourth-order valence-electron chi connectivity index (χ4n) is 1.90. The van der Waals surface area contributed by atoms with Gasteiger partial charge in [0.1, 0.15) is 5.82 Å². The minimum Gasteiger partial charge on any atom is -0.385 e. The van der Waals surface area contributed by atoms with Gasteiger partial charge >= 0.3 is 0 Å². The van der Waals surface area contributed by atoms with E-state index >= 15 is 0 Å². The molecule has 1 heterocycles. The van der Waals surface area contributed by atoms with Gasteiger partial charge in [-0.05, 0) is 43.7 Å². The van der Waals surface area contributed by atoms with E-state index in [1.54, 1.807) is 0 Å². The van der Waals surface area contributed by atoms with Gasteiger partial charge in [0, 0.05) is 16.8 Å².